The number of fused-ring (bicyclic) bond motifs is 1. The molecule has 1 atom stereocenters. The zero-order valence-corrected chi connectivity index (χ0v) is 13.7. The highest BCUT2D eigenvalue weighted by Gasteiger charge is 2.18. The maximum atomic E-state index is 3.67. The smallest absolute Gasteiger partial charge is 0.0195 e. The van der Waals surface area contributed by atoms with E-state index in [9.17, 15) is 0 Å². The molecule has 1 N–H and O–H groups in total. The Hall–Kier alpha value is -1.38. The number of nitrogens with one attached hydrogen (secondary N) is 1. The summed E-state index contributed by atoms with van der Waals surface area (Å²) < 4.78 is 0. The van der Waals surface area contributed by atoms with Gasteiger partial charge in [-0.25, -0.2) is 0 Å². The highest BCUT2D eigenvalue weighted by Crippen LogP contribution is 2.19. The first-order valence-electron chi connectivity index (χ1n) is 8.79. The summed E-state index contributed by atoms with van der Waals surface area (Å²) in [5, 5.41) is 6.45. The Morgan fingerprint density at radius 2 is 2.00 bits per heavy atom. The summed E-state index contributed by atoms with van der Waals surface area (Å²) >= 11 is 0. The van der Waals surface area contributed by atoms with E-state index in [0.29, 0.717) is 6.04 Å². The van der Waals surface area contributed by atoms with Crippen molar-refractivity contribution in [1.29, 1.82) is 0 Å². The van der Waals surface area contributed by atoms with E-state index in [2.05, 4.69) is 59.6 Å². The van der Waals surface area contributed by atoms with E-state index < -0.39 is 0 Å². The zero-order valence-electron chi connectivity index (χ0n) is 13.7. The Balaban J connectivity index is 1.59. The van der Waals surface area contributed by atoms with Crippen LogP contribution in [0.5, 0.6) is 0 Å². The van der Waals surface area contributed by atoms with Gasteiger partial charge in [0.2, 0.25) is 0 Å². The van der Waals surface area contributed by atoms with E-state index in [1.807, 2.05) is 0 Å². The molecule has 0 spiro atoms. The van der Waals surface area contributed by atoms with E-state index in [1.54, 1.807) is 0 Å². The van der Waals surface area contributed by atoms with Crippen LogP contribution < -0.4 is 5.32 Å². The summed E-state index contributed by atoms with van der Waals surface area (Å²) in [4.78, 5) is 2.64. The summed E-state index contributed by atoms with van der Waals surface area (Å²) in [5.41, 5.74) is 1.49. The Morgan fingerprint density at radius 3 is 2.91 bits per heavy atom. The van der Waals surface area contributed by atoms with Crippen LogP contribution in [0.4, 0.5) is 0 Å². The second-order valence-electron chi connectivity index (χ2n) is 6.48. The molecule has 0 unspecified atom stereocenters. The topological polar surface area (TPSA) is 15.3 Å². The van der Waals surface area contributed by atoms with E-state index in [0.717, 1.165) is 13.0 Å². The number of rotatable bonds is 6. The van der Waals surface area contributed by atoms with E-state index in [-0.39, 0.29) is 0 Å². The molecule has 0 aromatic heterocycles. The van der Waals surface area contributed by atoms with Crippen molar-refractivity contribution in [2.75, 3.05) is 26.2 Å². The fourth-order valence-electron chi connectivity index (χ4n) is 3.53. The summed E-state index contributed by atoms with van der Waals surface area (Å²) in [6.45, 7) is 7.00. The molecule has 0 bridgehead atoms. The Labute approximate surface area is 134 Å². The van der Waals surface area contributed by atoms with Crippen LogP contribution >= 0.6 is 0 Å². The summed E-state index contributed by atoms with van der Waals surface area (Å²) in [6, 6.07) is 16.1. The van der Waals surface area contributed by atoms with Crippen LogP contribution in [0.25, 0.3) is 10.8 Å². The maximum Gasteiger partial charge on any atom is 0.0195 e. The zero-order chi connectivity index (χ0) is 15.2. The second-order valence-corrected chi connectivity index (χ2v) is 6.48. The van der Waals surface area contributed by atoms with Crippen molar-refractivity contribution >= 4 is 10.8 Å². The monoisotopic (exact) mass is 296 g/mol. The van der Waals surface area contributed by atoms with Gasteiger partial charge in [0.15, 0.2) is 0 Å². The first-order chi connectivity index (χ1) is 10.9. The van der Waals surface area contributed by atoms with Crippen molar-refractivity contribution in [1.82, 2.24) is 10.2 Å². The number of hydrogen-bond donors (Lipinski definition) is 1. The van der Waals surface area contributed by atoms with Gasteiger partial charge < -0.3 is 10.2 Å². The molecule has 2 heteroatoms. The molecule has 2 aromatic carbocycles. The number of benzene rings is 2. The molecule has 3 rings (SSSR count). The molecule has 2 nitrogen and oxygen atoms in total. The van der Waals surface area contributed by atoms with Gasteiger partial charge in [0.1, 0.15) is 0 Å². The van der Waals surface area contributed by atoms with Gasteiger partial charge >= 0.3 is 0 Å². The average Bonchev–Trinajstić information content (AvgIpc) is 2.58. The van der Waals surface area contributed by atoms with Crippen LogP contribution in [0.2, 0.25) is 0 Å². The highest BCUT2D eigenvalue weighted by molar-refractivity contribution is 5.85. The van der Waals surface area contributed by atoms with Crippen molar-refractivity contribution in [3.63, 3.8) is 0 Å². The van der Waals surface area contributed by atoms with Crippen LogP contribution in [-0.2, 0) is 6.42 Å². The molecule has 0 saturated carbocycles. The Morgan fingerprint density at radius 1 is 1.14 bits per heavy atom. The number of unbranched alkanes of at least 4 members (excludes halogenated alkanes) is 1. The minimum atomic E-state index is 0.696. The Kier molecular flexibility index (Phi) is 5.47. The lowest BCUT2D eigenvalue weighted by Crippen LogP contribution is -2.50. The molecule has 0 amide bonds. The third kappa shape index (κ3) is 3.88. The first kappa shape index (κ1) is 15.5. The standard InChI is InChI=1S/C20H28N2/c1-2-3-10-19-16-22(15-13-21-19)14-12-18-9-6-8-17-7-4-5-11-20(17)18/h4-9,11,19,21H,2-3,10,12-16H2,1H3/t19-/m0/s1. The predicted octanol–water partition coefficient (Wildman–Crippen LogP) is 3.85. The van der Waals surface area contributed by atoms with Gasteiger partial charge in [-0.2, -0.15) is 0 Å². The van der Waals surface area contributed by atoms with Crippen molar-refractivity contribution < 1.29 is 0 Å². The lowest BCUT2D eigenvalue weighted by Gasteiger charge is -2.33. The third-order valence-electron chi connectivity index (χ3n) is 4.82. The predicted molar refractivity (Wildman–Crippen MR) is 95.4 cm³/mol. The van der Waals surface area contributed by atoms with Crippen molar-refractivity contribution in [2.45, 2.75) is 38.6 Å². The lowest BCUT2D eigenvalue weighted by atomic mass is 10.0. The third-order valence-corrected chi connectivity index (χ3v) is 4.82. The quantitative estimate of drug-likeness (QED) is 0.871. The van der Waals surface area contributed by atoms with E-state index >= 15 is 0 Å². The van der Waals surface area contributed by atoms with Crippen LogP contribution in [-0.4, -0.2) is 37.1 Å². The molecule has 118 valence electrons. The fourth-order valence-corrected chi connectivity index (χ4v) is 3.53. The second kappa shape index (κ2) is 7.75. The molecule has 1 aliphatic rings. The molecule has 22 heavy (non-hydrogen) atoms. The van der Waals surface area contributed by atoms with E-state index in [4.69, 9.17) is 0 Å². The SMILES string of the molecule is CCCC[C@H]1CN(CCc2cccc3ccccc23)CCN1. The molecule has 1 aliphatic heterocycles. The fraction of sp³-hybridized carbons (Fsp3) is 0.500. The minimum Gasteiger partial charge on any atom is -0.311 e. The number of hydrogen-bond acceptors (Lipinski definition) is 2. The molecule has 2 aromatic rings. The maximum absolute atomic E-state index is 3.67. The van der Waals surface area contributed by atoms with Gasteiger partial charge in [0, 0.05) is 32.2 Å². The first-order valence-corrected chi connectivity index (χ1v) is 8.79. The van der Waals surface area contributed by atoms with E-state index in [1.165, 1.54) is 55.2 Å². The Bertz CT molecular complexity index is 588. The average molecular weight is 296 g/mol. The summed E-state index contributed by atoms with van der Waals surface area (Å²) in [7, 11) is 0. The van der Waals surface area contributed by atoms with Crippen LogP contribution in [0.15, 0.2) is 42.5 Å². The van der Waals surface area contributed by atoms with Crippen LogP contribution in [0.3, 0.4) is 0 Å². The summed E-state index contributed by atoms with van der Waals surface area (Å²) in [6.07, 6.45) is 5.12. The van der Waals surface area contributed by atoms with Crippen LogP contribution in [0, 0.1) is 0 Å². The van der Waals surface area contributed by atoms with Gasteiger partial charge in [-0.1, -0.05) is 62.2 Å². The number of piperazine rings is 1. The lowest BCUT2D eigenvalue weighted by molar-refractivity contribution is 0.195. The highest BCUT2D eigenvalue weighted by atomic mass is 15.2. The van der Waals surface area contributed by atoms with Gasteiger partial charge in [-0.05, 0) is 29.2 Å². The van der Waals surface area contributed by atoms with Crippen LogP contribution in [0.1, 0.15) is 31.7 Å². The molecule has 1 saturated heterocycles. The summed E-state index contributed by atoms with van der Waals surface area (Å²) in [5.74, 6) is 0. The number of nitrogens with zero attached hydrogens (tertiary/aromatic N) is 1. The van der Waals surface area contributed by atoms with Crippen molar-refractivity contribution in [2.24, 2.45) is 0 Å². The largest absolute Gasteiger partial charge is 0.311 e. The molecule has 1 fully saturated rings. The molecule has 0 aliphatic carbocycles. The minimum absolute atomic E-state index is 0.696. The van der Waals surface area contributed by atoms with Gasteiger partial charge in [-0.3, -0.25) is 0 Å². The van der Waals surface area contributed by atoms with Crippen molar-refractivity contribution in [3.05, 3.63) is 48.0 Å². The van der Waals surface area contributed by atoms with Crippen molar-refractivity contribution in [3.8, 4) is 0 Å². The van der Waals surface area contributed by atoms with Gasteiger partial charge in [0.25, 0.3) is 0 Å². The normalized spacial score (nSPS) is 19.6. The van der Waals surface area contributed by atoms with Gasteiger partial charge in [0.05, 0.1) is 0 Å². The molecule has 0 radical (unpaired) electrons. The van der Waals surface area contributed by atoms with Gasteiger partial charge in [-0.15, -0.1) is 0 Å². The molecular formula is C20H28N2. The molecular weight excluding hydrogens is 268 g/mol. The molecule has 1 heterocycles.